The van der Waals surface area contributed by atoms with Crippen molar-refractivity contribution in [3.63, 3.8) is 0 Å². The topological polar surface area (TPSA) is 95.9 Å². The molecule has 0 unspecified atom stereocenters. The Morgan fingerprint density at radius 2 is 1.85 bits per heavy atom. The van der Waals surface area contributed by atoms with Crippen LogP contribution in [0.3, 0.4) is 0 Å². The van der Waals surface area contributed by atoms with Gasteiger partial charge in [0.15, 0.2) is 0 Å². The zero-order valence-electron chi connectivity index (χ0n) is 14.2. The van der Waals surface area contributed by atoms with Crippen molar-refractivity contribution in [1.82, 2.24) is 5.32 Å². The predicted octanol–water partition coefficient (Wildman–Crippen LogP) is 3.06. The Bertz CT molecular complexity index is 953. The number of rotatable bonds is 4. The summed E-state index contributed by atoms with van der Waals surface area (Å²) >= 11 is 1.94. The minimum absolute atomic E-state index is 0.100. The summed E-state index contributed by atoms with van der Waals surface area (Å²) in [6.07, 6.45) is 1.38. The van der Waals surface area contributed by atoms with Crippen molar-refractivity contribution in [3.05, 3.63) is 57.2 Å². The highest BCUT2D eigenvalue weighted by atomic mass is 127. The van der Waals surface area contributed by atoms with E-state index in [9.17, 15) is 19.5 Å². The SMILES string of the molecule is CCOc1ccc(N2C(=O)NC(=O)C(=Cc3ccc(O)c(I)c3)C2=O)cc1. The van der Waals surface area contributed by atoms with Crippen molar-refractivity contribution in [1.29, 1.82) is 0 Å². The molecule has 1 aliphatic rings. The molecule has 4 amide bonds. The van der Waals surface area contributed by atoms with Crippen LogP contribution in [0.5, 0.6) is 11.5 Å². The average Bonchev–Trinajstić information content (AvgIpc) is 2.63. The lowest BCUT2D eigenvalue weighted by atomic mass is 10.1. The Hall–Kier alpha value is -2.88. The maximum Gasteiger partial charge on any atom is 0.335 e. The Balaban J connectivity index is 1.95. The fourth-order valence-electron chi connectivity index (χ4n) is 2.53. The van der Waals surface area contributed by atoms with Gasteiger partial charge in [-0.3, -0.25) is 14.9 Å². The van der Waals surface area contributed by atoms with E-state index in [1.54, 1.807) is 36.4 Å². The largest absolute Gasteiger partial charge is 0.507 e. The lowest BCUT2D eigenvalue weighted by molar-refractivity contribution is -0.122. The number of imide groups is 2. The second-order valence-corrected chi connectivity index (χ2v) is 6.76. The van der Waals surface area contributed by atoms with Crippen molar-refractivity contribution >= 4 is 52.2 Å². The molecule has 0 spiro atoms. The van der Waals surface area contributed by atoms with Gasteiger partial charge in [-0.15, -0.1) is 0 Å². The van der Waals surface area contributed by atoms with E-state index in [1.807, 2.05) is 29.5 Å². The lowest BCUT2D eigenvalue weighted by Gasteiger charge is -2.26. The minimum Gasteiger partial charge on any atom is -0.507 e. The number of hydrogen-bond acceptors (Lipinski definition) is 5. The molecule has 2 aromatic carbocycles. The molecule has 138 valence electrons. The number of aromatic hydroxyl groups is 1. The van der Waals surface area contributed by atoms with E-state index in [0.717, 1.165) is 4.90 Å². The minimum atomic E-state index is -0.813. The van der Waals surface area contributed by atoms with Gasteiger partial charge in [0.05, 0.1) is 15.9 Å². The molecule has 0 radical (unpaired) electrons. The molecule has 7 nitrogen and oxygen atoms in total. The fourth-order valence-corrected chi connectivity index (χ4v) is 3.07. The van der Waals surface area contributed by atoms with Gasteiger partial charge in [0, 0.05) is 0 Å². The molecule has 27 heavy (non-hydrogen) atoms. The number of carbonyl (C=O) groups is 3. The van der Waals surface area contributed by atoms with E-state index < -0.39 is 17.8 Å². The van der Waals surface area contributed by atoms with Gasteiger partial charge in [-0.1, -0.05) is 6.07 Å². The molecular formula is C19H15IN2O5. The number of nitrogens with zero attached hydrogens (tertiary/aromatic N) is 1. The third kappa shape index (κ3) is 3.95. The van der Waals surface area contributed by atoms with Crippen LogP contribution in [0.4, 0.5) is 10.5 Å². The second kappa shape index (κ2) is 7.78. The zero-order valence-corrected chi connectivity index (χ0v) is 16.4. The summed E-state index contributed by atoms with van der Waals surface area (Å²) in [5, 5.41) is 11.8. The van der Waals surface area contributed by atoms with Crippen LogP contribution in [0, 0.1) is 3.57 Å². The van der Waals surface area contributed by atoms with E-state index in [-0.39, 0.29) is 11.3 Å². The van der Waals surface area contributed by atoms with Crippen molar-refractivity contribution in [2.75, 3.05) is 11.5 Å². The Morgan fingerprint density at radius 1 is 1.15 bits per heavy atom. The first kappa shape index (κ1) is 18.9. The summed E-state index contributed by atoms with van der Waals surface area (Å²) in [5.74, 6) is -0.786. The van der Waals surface area contributed by atoms with Crippen LogP contribution in [0.25, 0.3) is 6.08 Å². The van der Waals surface area contributed by atoms with Crippen LogP contribution in [-0.4, -0.2) is 29.6 Å². The van der Waals surface area contributed by atoms with Crippen LogP contribution >= 0.6 is 22.6 Å². The highest BCUT2D eigenvalue weighted by Gasteiger charge is 2.36. The molecule has 0 atom stereocenters. The van der Waals surface area contributed by atoms with Gasteiger partial charge < -0.3 is 9.84 Å². The molecule has 1 saturated heterocycles. The number of halogens is 1. The monoisotopic (exact) mass is 478 g/mol. The van der Waals surface area contributed by atoms with Crippen LogP contribution in [0.1, 0.15) is 12.5 Å². The Kier molecular flexibility index (Phi) is 5.45. The van der Waals surface area contributed by atoms with Gasteiger partial charge in [0.1, 0.15) is 17.1 Å². The first-order valence-corrected chi connectivity index (χ1v) is 9.11. The van der Waals surface area contributed by atoms with E-state index in [1.165, 1.54) is 12.1 Å². The second-order valence-electron chi connectivity index (χ2n) is 5.60. The summed E-state index contributed by atoms with van der Waals surface area (Å²) in [6.45, 7) is 2.35. The van der Waals surface area contributed by atoms with Crippen molar-refractivity contribution in [3.8, 4) is 11.5 Å². The molecule has 2 N–H and O–H groups in total. The third-order valence-electron chi connectivity index (χ3n) is 3.79. The Morgan fingerprint density at radius 3 is 2.48 bits per heavy atom. The van der Waals surface area contributed by atoms with Gasteiger partial charge in [0.25, 0.3) is 11.8 Å². The van der Waals surface area contributed by atoms with Crippen LogP contribution in [0.2, 0.25) is 0 Å². The van der Waals surface area contributed by atoms with Gasteiger partial charge in [-0.2, -0.15) is 0 Å². The number of benzene rings is 2. The van der Waals surface area contributed by atoms with E-state index in [0.29, 0.717) is 27.2 Å². The quantitative estimate of drug-likeness (QED) is 0.400. The summed E-state index contributed by atoms with van der Waals surface area (Å²) in [5.41, 5.74) is 0.696. The van der Waals surface area contributed by atoms with E-state index in [2.05, 4.69) is 5.32 Å². The van der Waals surface area contributed by atoms with Gasteiger partial charge >= 0.3 is 6.03 Å². The number of nitrogens with one attached hydrogen (secondary N) is 1. The lowest BCUT2D eigenvalue weighted by Crippen LogP contribution is -2.54. The van der Waals surface area contributed by atoms with Crippen molar-refractivity contribution in [2.45, 2.75) is 6.92 Å². The summed E-state index contributed by atoms with van der Waals surface area (Å²) in [7, 11) is 0. The molecule has 0 bridgehead atoms. The normalized spacial score (nSPS) is 15.9. The molecule has 3 rings (SSSR count). The molecule has 2 aromatic rings. The molecule has 0 aliphatic carbocycles. The van der Waals surface area contributed by atoms with Gasteiger partial charge in [-0.05, 0) is 77.6 Å². The maximum absolute atomic E-state index is 12.8. The van der Waals surface area contributed by atoms with Crippen LogP contribution < -0.4 is 15.0 Å². The van der Waals surface area contributed by atoms with Crippen LogP contribution in [0.15, 0.2) is 48.0 Å². The van der Waals surface area contributed by atoms with Crippen molar-refractivity contribution in [2.24, 2.45) is 0 Å². The van der Waals surface area contributed by atoms with E-state index in [4.69, 9.17) is 4.74 Å². The fraction of sp³-hybridized carbons (Fsp3) is 0.105. The number of amides is 4. The standard InChI is InChI=1S/C19H15IN2O5/c1-2-27-13-6-4-12(5-7-13)22-18(25)14(17(24)21-19(22)26)9-11-3-8-16(23)15(20)10-11/h3-10,23H,2H2,1H3,(H,21,24,26). The zero-order chi connectivity index (χ0) is 19.6. The third-order valence-corrected chi connectivity index (χ3v) is 4.65. The first-order chi connectivity index (χ1) is 12.9. The molecule has 0 aromatic heterocycles. The molecule has 8 heteroatoms. The van der Waals surface area contributed by atoms with Gasteiger partial charge in [0.2, 0.25) is 0 Å². The highest BCUT2D eigenvalue weighted by Crippen LogP contribution is 2.26. The average molecular weight is 478 g/mol. The number of phenolic OH excluding ortho intramolecular Hbond substituents is 1. The number of anilines is 1. The maximum atomic E-state index is 12.8. The predicted molar refractivity (Wildman–Crippen MR) is 107 cm³/mol. The Labute approximate surface area is 168 Å². The number of urea groups is 1. The smallest absolute Gasteiger partial charge is 0.335 e. The molecule has 1 fully saturated rings. The van der Waals surface area contributed by atoms with Crippen LogP contribution in [-0.2, 0) is 9.59 Å². The summed E-state index contributed by atoms with van der Waals surface area (Å²) in [6, 6.07) is 10.3. The highest BCUT2D eigenvalue weighted by molar-refractivity contribution is 14.1. The first-order valence-electron chi connectivity index (χ1n) is 8.03. The molecule has 1 heterocycles. The summed E-state index contributed by atoms with van der Waals surface area (Å²) < 4.78 is 5.92. The van der Waals surface area contributed by atoms with Gasteiger partial charge in [-0.25, -0.2) is 9.69 Å². The van der Waals surface area contributed by atoms with E-state index >= 15 is 0 Å². The molecule has 1 aliphatic heterocycles. The number of phenols is 1. The number of hydrogen-bond donors (Lipinski definition) is 2. The number of ether oxygens (including phenoxy) is 1. The molecular weight excluding hydrogens is 463 g/mol. The number of barbiturate groups is 1. The summed E-state index contributed by atoms with van der Waals surface area (Å²) in [4.78, 5) is 38.1. The number of carbonyl (C=O) groups excluding carboxylic acids is 3. The van der Waals surface area contributed by atoms with Crippen molar-refractivity contribution < 1.29 is 24.2 Å². The molecule has 0 saturated carbocycles.